The predicted octanol–water partition coefficient (Wildman–Crippen LogP) is 10.6. The van der Waals surface area contributed by atoms with Crippen molar-refractivity contribution in [2.24, 2.45) is 5.92 Å². The Bertz CT molecular complexity index is 1440. The molecule has 0 heterocycles. The number of hydrogen-bond donors (Lipinski definition) is 0. The van der Waals surface area contributed by atoms with Gasteiger partial charge in [0, 0.05) is 5.92 Å². The lowest BCUT2D eigenvalue weighted by atomic mass is 9.72. The van der Waals surface area contributed by atoms with Crippen molar-refractivity contribution in [2.75, 3.05) is 0 Å². The third-order valence-electron chi connectivity index (χ3n) is 9.96. The molecule has 182 valence electrons. The average molecular weight is 471 g/mol. The molecule has 0 amide bonds. The van der Waals surface area contributed by atoms with Crippen molar-refractivity contribution in [1.29, 1.82) is 0 Å². The van der Waals surface area contributed by atoms with Crippen LogP contribution in [-0.4, -0.2) is 0 Å². The standard InChI is InChI=1S/C36H38/c1-3-24-10-6-13-26(20-24)34-22-28(21-27-14-8-18-31(35(27)34)25-11-7-12-25)32-19-9-17-30-23(2)29-15-4-5-16-33(29)36(30)32/h4-5,8-9,14-19,21-26H,3,6-7,10-13,20H2,1-2H3. The van der Waals surface area contributed by atoms with Crippen LogP contribution in [-0.2, 0) is 0 Å². The fraction of sp³-hybridized carbons (Fsp3) is 0.389. The van der Waals surface area contributed by atoms with E-state index in [4.69, 9.17) is 0 Å². The second kappa shape index (κ2) is 8.91. The van der Waals surface area contributed by atoms with Gasteiger partial charge in [-0.1, -0.05) is 106 Å². The molecule has 0 N–H and O–H groups in total. The summed E-state index contributed by atoms with van der Waals surface area (Å²) in [5.41, 5.74) is 12.0. The third-order valence-corrected chi connectivity index (χ3v) is 9.96. The van der Waals surface area contributed by atoms with E-state index in [1.165, 1.54) is 90.1 Å². The van der Waals surface area contributed by atoms with Crippen LogP contribution in [0, 0.1) is 5.92 Å². The highest BCUT2D eigenvalue weighted by atomic mass is 14.3. The SMILES string of the molecule is CCC1CCCC(c2cc(-c3cccc4c3-c3ccccc3C4C)cc3cccc(C4CCC4)c23)C1. The van der Waals surface area contributed by atoms with Crippen LogP contribution in [0.3, 0.4) is 0 Å². The first-order chi connectivity index (χ1) is 17.7. The van der Waals surface area contributed by atoms with Gasteiger partial charge in [0.15, 0.2) is 0 Å². The minimum absolute atomic E-state index is 0.463. The van der Waals surface area contributed by atoms with Crippen LogP contribution >= 0.6 is 0 Å². The highest BCUT2D eigenvalue weighted by Crippen LogP contribution is 2.51. The van der Waals surface area contributed by atoms with Gasteiger partial charge in [0.2, 0.25) is 0 Å². The van der Waals surface area contributed by atoms with Crippen molar-refractivity contribution in [3.8, 4) is 22.3 Å². The lowest BCUT2D eigenvalue weighted by Gasteiger charge is -2.33. The largest absolute Gasteiger partial charge is 0.0651 e. The molecule has 3 aliphatic carbocycles. The Morgan fingerprint density at radius 2 is 1.39 bits per heavy atom. The van der Waals surface area contributed by atoms with Gasteiger partial charge in [-0.05, 0) is 105 Å². The highest BCUT2D eigenvalue weighted by Gasteiger charge is 2.30. The van der Waals surface area contributed by atoms with E-state index in [-0.39, 0.29) is 0 Å². The molecule has 0 nitrogen and oxygen atoms in total. The molecular weight excluding hydrogens is 432 g/mol. The third kappa shape index (κ3) is 3.48. The van der Waals surface area contributed by atoms with Gasteiger partial charge in [-0.25, -0.2) is 0 Å². The van der Waals surface area contributed by atoms with Gasteiger partial charge in [0.25, 0.3) is 0 Å². The van der Waals surface area contributed by atoms with Crippen molar-refractivity contribution in [3.05, 3.63) is 95.1 Å². The topological polar surface area (TPSA) is 0 Å². The molecule has 0 aliphatic heterocycles. The highest BCUT2D eigenvalue weighted by molar-refractivity contribution is 5.98. The fourth-order valence-electron chi connectivity index (χ4n) is 7.71. The summed E-state index contributed by atoms with van der Waals surface area (Å²) in [5, 5.41) is 3.07. The molecule has 0 radical (unpaired) electrons. The van der Waals surface area contributed by atoms with Crippen LogP contribution < -0.4 is 0 Å². The van der Waals surface area contributed by atoms with E-state index >= 15 is 0 Å². The summed E-state index contributed by atoms with van der Waals surface area (Å²) in [7, 11) is 0. The van der Waals surface area contributed by atoms with Gasteiger partial charge in [-0.15, -0.1) is 0 Å². The molecule has 4 aromatic carbocycles. The van der Waals surface area contributed by atoms with E-state index in [1.807, 2.05) is 0 Å². The summed E-state index contributed by atoms with van der Waals surface area (Å²) in [6.07, 6.45) is 11.0. The van der Waals surface area contributed by atoms with Crippen molar-refractivity contribution in [2.45, 2.75) is 83.0 Å². The lowest BCUT2D eigenvalue weighted by molar-refractivity contribution is 0.315. The molecule has 0 bridgehead atoms. The van der Waals surface area contributed by atoms with Crippen LogP contribution in [0.15, 0.2) is 72.8 Å². The molecule has 3 atom stereocenters. The van der Waals surface area contributed by atoms with Crippen LogP contribution in [0.25, 0.3) is 33.0 Å². The van der Waals surface area contributed by atoms with Crippen molar-refractivity contribution in [1.82, 2.24) is 0 Å². The maximum Gasteiger partial charge on any atom is 0.00735 e. The van der Waals surface area contributed by atoms with Crippen molar-refractivity contribution >= 4 is 10.8 Å². The van der Waals surface area contributed by atoms with E-state index in [9.17, 15) is 0 Å². The quantitative estimate of drug-likeness (QED) is 0.278. The molecule has 0 saturated heterocycles. The van der Waals surface area contributed by atoms with Crippen molar-refractivity contribution in [3.63, 3.8) is 0 Å². The molecule has 4 aromatic rings. The normalized spacial score (nSPS) is 23.3. The minimum atomic E-state index is 0.463. The first-order valence-corrected chi connectivity index (χ1v) is 14.5. The molecule has 2 saturated carbocycles. The average Bonchev–Trinajstić information content (AvgIpc) is 3.19. The molecule has 2 fully saturated rings. The smallest absolute Gasteiger partial charge is 0.00735 e. The molecule has 3 unspecified atom stereocenters. The van der Waals surface area contributed by atoms with Gasteiger partial charge in [0.1, 0.15) is 0 Å². The van der Waals surface area contributed by atoms with Gasteiger partial charge < -0.3 is 0 Å². The first kappa shape index (κ1) is 22.3. The molecule has 0 heteroatoms. The summed E-state index contributed by atoms with van der Waals surface area (Å²) in [6, 6.07) is 28.4. The predicted molar refractivity (Wildman–Crippen MR) is 154 cm³/mol. The monoisotopic (exact) mass is 470 g/mol. The maximum absolute atomic E-state index is 2.63. The van der Waals surface area contributed by atoms with Crippen LogP contribution in [0.2, 0.25) is 0 Å². The Morgan fingerprint density at radius 1 is 0.667 bits per heavy atom. The lowest BCUT2D eigenvalue weighted by Crippen LogP contribution is -2.15. The molecule has 7 rings (SSSR count). The Labute approximate surface area is 216 Å². The summed E-state index contributed by atoms with van der Waals surface area (Å²) >= 11 is 0. The summed E-state index contributed by atoms with van der Waals surface area (Å²) in [6.45, 7) is 4.77. The number of benzene rings is 4. The summed E-state index contributed by atoms with van der Waals surface area (Å²) in [5.74, 6) is 2.80. The second-order valence-corrected chi connectivity index (χ2v) is 11.9. The minimum Gasteiger partial charge on any atom is -0.0651 e. The van der Waals surface area contributed by atoms with Gasteiger partial charge >= 0.3 is 0 Å². The zero-order valence-electron chi connectivity index (χ0n) is 21.9. The molecule has 0 aromatic heterocycles. The van der Waals surface area contributed by atoms with Gasteiger partial charge in [-0.3, -0.25) is 0 Å². The van der Waals surface area contributed by atoms with E-state index in [1.54, 1.807) is 16.5 Å². The first-order valence-electron chi connectivity index (χ1n) is 14.5. The Kier molecular flexibility index (Phi) is 5.53. The zero-order valence-corrected chi connectivity index (χ0v) is 21.9. The zero-order chi connectivity index (χ0) is 24.2. The van der Waals surface area contributed by atoms with Gasteiger partial charge in [-0.2, -0.15) is 0 Å². The van der Waals surface area contributed by atoms with E-state index in [0.717, 1.165) is 11.8 Å². The van der Waals surface area contributed by atoms with Crippen LogP contribution in [0.4, 0.5) is 0 Å². The summed E-state index contributed by atoms with van der Waals surface area (Å²) < 4.78 is 0. The number of fused-ring (bicyclic) bond motifs is 4. The van der Waals surface area contributed by atoms with E-state index in [0.29, 0.717) is 11.8 Å². The van der Waals surface area contributed by atoms with E-state index in [2.05, 4.69) is 86.6 Å². The molecule has 3 aliphatic rings. The van der Waals surface area contributed by atoms with E-state index < -0.39 is 0 Å². The fourth-order valence-corrected chi connectivity index (χ4v) is 7.71. The molecule has 0 spiro atoms. The van der Waals surface area contributed by atoms with Crippen molar-refractivity contribution < 1.29 is 0 Å². The second-order valence-electron chi connectivity index (χ2n) is 11.9. The Balaban J connectivity index is 1.46. The van der Waals surface area contributed by atoms with Crippen LogP contribution in [0.5, 0.6) is 0 Å². The van der Waals surface area contributed by atoms with Crippen LogP contribution in [0.1, 0.15) is 105 Å². The Morgan fingerprint density at radius 3 is 2.22 bits per heavy atom. The number of rotatable bonds is 4. The Hall–Kier alpha value is -2.86. The number of hydrogen-bond acceptors (Lipinski definition) is 0. The van der Waals surface area contributed by atoms with Gasteiger partial charge in [0.05, 0.1) is 0 Å². The molecular formula is C36H38. The maximum atomic E-state index is 2.63. The molecule has 36 heavy (non-hydrogen) atoms. The summed E-state index contributed by atoms with van der Waals surface area (Å²) in [4.78, 5) is 0.